The summed E-state index contributed by atoms with van der Waals surface area (Å²) in [6.07, 6.45) is 5.11. The zero-order valence-corrected chi connectivity index (χ0v) is 14.2. The van der Waals surface area contributed by atoms with Crippen molar-refractivity contribution in [2.45, 2.75) is 50.0 Å². The molecule has 2 N–H and O–H groups in total. The maximum absolute atomic E-state index is 12.3. The van der Waals surface area contributed by atoms with Crippen molar-refractivity contribution in [3.8, 4) is 5.75 Å². The number of sulfonamides is 1. The minimum Gasteiger partial charge on any atom is -0.484 e. The number of hydrogen-bond acceptors (Lipinski definition) is 4. The lowest BCUT2D eigenvalue weighted by Gasteiger charge is -2.22. The molecule has 128 valence electrons. The number of benzene rings is 1. The molecule has 1 amide bonds. The van der Waals surface area contributed by atoms with E-state index in [1.54, 1.807) is 12.1 Å². The fraction of sp³-hybridized carbons (Fsp3) is 0.562. The number of carbonyl (C=O) groups is 1. The van der Waals surface area contributed by atoms with Gasteiger partial charge in [-0.25, -0.2) is 13.1 Å². The second-order valence-electron chi connectivity index (χ2n) is 5.67. The molecule has 0 saturated heterocycles. The summed E-state index contributed by atoms with van der Waals surface area (Å²) in [5, 5.41) is 2.63. The third kappa shape index (κ3) is 5.51. The molecular weight excluding hydrogens is 316 g/mol. The molecule has 0 unspecified atom stereocenters. The minimum absolute atomic E-state index is 0.0300. The third-order valence-electron chi connectivity index (χ3n) is 3.80. The average molecular weight is 340 g/mol. The third-order valence-corrected chi connectivity index (χ3v) is 5.34. The minimum atomic E-state index is -3.50. The van der Waals surface area contributed by atoms with Crippen molar-refractivity contribution in [2.24, 2.45) is 0 Å². The molecule has 0 atom stereocenters. The van der Waals surface area contributed by atoms with Gasteiger partial charge in [0.1, 0.15) is 5.75 Å². The first-order valence-electron chi connectivity index (χ1n) is 8.03. The molecule has 1 saturated carbocycles. The lowest BCUT2D eigenvalue weighted by Crippen LogP contribution is -2.36. The van der Waals surface area contributed by atoms with E-state index in [0.29, 0.717) is 12.3 Å². The molecule has 0 heterocycles. The Morgan fingerprint density at radius 1 is 1.17 bits per heavy atom. The predicted octanol–water partition coefficient (Wildman–Crippen LogP) is 1.81. The van der Waals surface area contributed by atoms with E-state index in [1.807, 2.05) is 6.92 Å². The van der Waals surface area contributed by atoms with Gasteiger partial charge in [0.2, 0.25) is 10.0 Å². The smallest absolute Gasteiger partial charge is 0.257 e. The van der Waals surface area contributed by atoms with E-state index < -0.39 is 10.0 Å². The monoisotopic (exact) mass is 340 g/mol. The topological polar surface area (TPSA) is 84.5 Å². The number of ether oxygens (including phenoxy) is 1. The zero-order chi connectivity index (χ0) is 16.7. The van der Waals surface area contributed by atoms with Gasteiger partial charge in [0.15, 0.2) is 6.61 Å². The van der Waals surface area contributed by atoms with Crippen LogP contribution in [0.4, 0.5) is 0 Å². The van der Waals surface area contributed by atoms with Gasteiger partial charge < -0.3 is 10.1 Å². The van der Waals surface area contributed by atoms with Crippen molar-refractivity contribution in [2.75, 3.05) is 13.2 Å². The highest BCUT2D eigenvalue weighted by atomic mass is 32.2. The molecule has 2 rings (SSSR count). The first-order chi connectivity index (χ1) is 11.0. The van der Waals surface area contributed by atoms with Gasteiger partial charge in [-0.2, -0.15) is 0 Å². The van der Waals surface area contributed by atoms with E-state index in [4.69, 9.17) is 4.74 Å². The second-order valence-corrected chi connectivity index (χ2v) is 7.38. The molecule has 0 aliphatic heterocycles. The number of nitrogens with one attached hydrogen (secondary N) is 2. The summed E-state index contributed by atoms with van der Waals surface area (Å²) in [5.41, 5.74) is 0. The van der Waals surface area contributed by atoms with Gasteiger partial charge >= 0.3 is 0 Å². The van der Waals surface area contributed by atoms with Gasteiger partial charge in [0, 0.05) is 12.6 Å². The highest BCUT2D eigenvalue weighted by molar-refractivity contribution is 7.89. The summed E-state index contributed by atoms with van der Waals surface area (Å²) in [4.78, 5) is 11.5. The maximum atomic E-state index is 12.3. The second kappa shape index (κ2) is 8.31. The normalized spacial score (nSPS) is 16.0. The van der Waals surface area contributed by atoms with Crippen LogP contribution < -0.4 is 14.8 Å². The summed E-state index contributed by atoms with van der Waals surface area (Å²) in [5.74, 6) is 0.260. The van der Waals surface area contributed by atoms with E-state index in [1.165, 1.54) is 18.6 Å². The fourth-order valence-electron chi connectivity index (χ4n) is 2.62. The molecule has 7 heteroatoms. The van der Waals surface area contributed by atoms with Crippen molar-refractivity contribution < 1.29 is 17.9 Å². The zero-order valence-electron chi connectivity index (χ0n) is 13.4. The summed E-state index contributed by atoms with van der Waals surface area (Å²) in [7, 11) is -3.50. The molecule has 1 aromatic carbocycles. The molecule has 1 aromatic rings. The van der Waals surface area contributed by atoms with Gasteiger partial charge in [-0.05, 0) is 44.0 Å². The maximum Gasteiger partial charge on any atom is 0.257 e. The molecule has 1 fully saturated rings. The van der Waals surface area contributed by atoms with E-state index in [-0.39, 0.29) is 23.5 Å². The van der Waals surface area contributed by atoms with Gasteiger partial charge in [-0.15, -0.1) is 0 Å². The van der Waals surface area contributed by atoms with Crippen LogP contribution in [0.3, 0.4) is 0 Å². The Hall–Kier alpha value is -1.60. The van der Waals surface area contributed by atoms with E-state index in [2.05, 4.69) is 10.0 Å². The van der Waals surface area contributed by atoms with Gasteiger partial charge in [0.25, 0.3) is 5.91 Å². The Morgan fingerprint density at radius 3 is 2.43 bits per heavy atom. The SMILES string of the molecule is CCNC(=O)COc1ccc(S(=O)(=O)NC2CCCCC2)cc1. The summed E-state index contributed by atoms with van der Waals surface area (Å²) < 4.78 is 32.8. The predicted molar refractivity (Wildman–Crippen MR) is 87.8 cm³/mol. The Morgan fingerprint density at radius 2 is 1.83 bits per heavy atom. The quantitative estimate of drug-likeness (QED) is 0.793. The van der Waals surface area contributed by atoms with Crippen molar-refractivity contribution in [3.63, 3.8) is 0 Å². The average Bonchev–Trinajstić information content (AvgIpc) is 2.54. The highest BCUT2D eigenvalue weighted by Gasteiger charge is 2.21. The molecule has 0 bridgehead atoms. The first kappa shape index (κ1) is 17.7. The molecule has 0 aromatic heterocycles. The van der Waals surface area contributed by atoms with Gasteiger partial charge in [-0.1, -0.05) is 19.3 Å². The Balaban J connectivity index is 1.93. The van der Waals surface area contributed by atoms with Crippen molar-refractivity contribution in [3.05, 3.63) is 24.3 Å². The Labute approximate surface area is 137 Å². The molecular formula is C16H24N2O4S. The van der Waals surface area contributed by atoms with Crippen LogP contribution in [0.1, 0.15) is 39.0 Å². The van der Waals surface area contributed by atoms with Crippen LogP contribution in [0.25, 0.3) is 0 Å². The van der Waals surface area contributed by atoms with E-state index in [0.717, 1.165) is 25.7 Å². The highest BCUT2D eigenvalue weighted by Crippen LogP contribution is 2.21. The molecule has 1 aliphatic carbocycles. The number of likely N-dealkylation sites (N-methyl/N-ethyl adjacent to an activating group) is 1. The standard InChI is InChI=1S/C16H24N2O4S/c1-2-17-16(19)12-22-14-8-10-15(11-9-14)23(20,21)18-13-6-4-3-5-7-13/h8-11,13,18H,2-7,12H2,1H3,(H,17,19). The fourth-order valence-corrected chi connectivity index (χ4v) is 3.93. The molecule has 23 heavy (non-hydrogen) atoms. The van der Waals surface area contributed by atoms with Crippen LogP contribution in [0.15, 0.2) is 29.2 Å². The number of rotatable bonds is 7. The molecule has 1 aliphatic rings. The lowest BCUT2D eigenvalue weighted by molar-refractivity contribution is -0.122. The lowest BCUT2D eigenvalue weighted by atomic mass is 9.96. The van der Waals surface area contributed by atoms with Crippen LogP contribution in [0.2, 0.25) is 0 Å². The molecule has 6 nitrogen and oxygen atoms in total. The van der Waals surface area contributed by atoms with Crippen molar-refractivity contribution in [1.29, 1.82) is 0 Å². The van der Waals surface area contributed by atoms with Crippen LogP contribution in [0, 0.1) is 0 Å². The molecule has 0 radical (unpaired) electrons. The van der Waals surface area contributed by atoms with Gasteiger partial charge in [0.05, 0.1) is 4.90 Å². The van der Waals surface area contributed by atoms with E-state index >= 15 is 0 Å². The van der Waals surface area contributed by atoms with Crippen LogP contribution in [-0.2, 0) is 14.8 Å². The largest absolute Gasteiger partial charge is 0.484 e. The Kier molecular flexibility index (Phi) is 6.41. The van der Waals surface area contributed by atoms with Crippen LogP contribution in [0.5, 0.6) is 5.75 Å². The number of hydrogen-bond donors (Lipinski definition) is 2. The number of amides is 1. The van der Waals surface area contributed by atoms with Crippen molar-refractivity contribution >= 4 is 15.9 Å². The summed E-state index contributed by atoms with van der Waals surface area (Å²) >= 11 is 0. The number of carbonyl (C=O) groups excluding carboxylic acids is 1. The van der Waals surface area contributed by atoms with Crippen molar-refractivity contribution in [1.82, 2.24) is 10.0 Å². The van der Waals surface area contributed by atoms with Gasteiger partial charge in [-0.3, -0.25) is 4.79 Å². The van der Waals surface area contributed by atoms with Crippen LogP contribution in [-0.4, -0.2) is 33.5 Å². The Bertz CT molecular complexity index is 607. The first-order valence-corrected chi connectivity index (χ1v) is 9.51. The van der Waals surface area contributed by atoms with E-state index in [9.17, 15) is 13.2 Å². The van der Waals surface area contributed by atoms with Crippen LogP contribution >= 0.6 is 0 Å². The summed E-state index contributed by atoms with van der Waals surface area (Å²) in [6, 6.07) is 6.15. The summed E-state index contributed by atoms with van der Waals surface area (Å²) in [6.45, 7) is 2.29. The molecule has 0 spiro atoms.